The number of nitrogens with one attached hydrogen (secondary N) is 1. The van der Waals surface area contributed by atoms with Gasteiger partial charge in [-0.2, -0.15) is 0 Å². The van der Waals surface area contributed by atoms with Crippen LogP contribution < -0.4 is 5.32 Å². The number of nitrogens with zero attached hydrogens (tertiary/aromatic N) is 1. The molecule has 0 radical (unpaired) electrons. The molecule has 0 aliphatic heterocycles. The van der Waals surface area contributed by atoms with Crippen molar-refractivity contribution in [3.8, 4) is 0 Å². The Kier molecular flexibility index (Phi) is 3.57. The summed E-state index contributed by atoms with van der Waals surface area (Å²) in [6.07, 6.45) is 4.89. The third-order valence-electron chi connectivity index (χ3n) is 2.39. The molecule has 0 bridgehead atoms. The molecule has 2 atom stereocenters. The zero-order valence-corrected chi connectivity index (χ0v) is 8.33. The van der Waals surface area contributed by atoms with E-state index in [1.807, 2.05) is 0 Å². The van der Waals surface area contributed by atoms with Gasteiger partial charge in [-0.05, 0) is 6.08 Å². The highest BCUT2D eigenvalue weighted by Crippen LogP contribution is 2.21. The van der Waals surface area contributed by atoms with Gasteiger partial charge in [-0.1, -0.05) is 18.2 Å². The van der Waals surface area contributed by atoms with Gasteiger partial charge in [-0.15, -0.1) is 0 Å². The summed E-state index contributed by atoms with van der Waals surface area (Å²) in [5.41, 5.74) is -1.25. The normalized spacial score (nSPS) is 29.7. The lowest BCUT2D eigenvalue weighted by molar-refractivity contribution is -0.553. The van der Waals surface area contributed by atoms with Crippen molar-refractivity contribution >= 4 is 0 Å². The highest BCUT2D eigenvalue weighted by Gasteiger charge is 2.42. The van der Waals surface area contributed by atoms with E-state index in [1.165, 1.54) is 13.0 Å². The number of hydrogen-bond donors (Lipinski definition) is 3. The van der Waals surface area contributed by atoms with Crippen LogP contribution in [0.5, 0.6) is 0 Å². The fourth-order valence-electron chi connectivity index (χ4n) is 1.41. The van der Waals surface area contributed by atoms with Crippen LogP contribution in [0.2, 0.25) is 0 Å². The van der Waals surface area contributed by atoms with E-state index in [0.29, 0.717) is 0 Å². The summed E-state index contributed by atoms with van der Waals surface area (Å²) in [6.45, 7) is 1.38. The molecule has 1 aliphatic rings. The van der Waals surface area contributed by atoms with Crippen LogP contribution in [0.15, 0.2) is 24.3 Å². The third-order valence-corrected chi connectivity index (χ3v) is 2.39. The second kappa shape index (κ2) is 4.52. The molecule has 15 heavy (non-hydrogen) atoms. The number of aliphatic hydroxyl groups excluding tert-OH is 1. The maximum atomic E-state index is 10.9. The minimum Gasteiger partial charge on any atom is -0.367 e. The van der Waals surface area contributed by atoms with Gasteiger partial charge in [0.15, 0.2) is 6.29 Å². The first-order valence-corrected chi connectivity index (χ1v) is 4.57. The molecule has 0 fully saturated rings. The molecule has 6 nitrogen and oxygen atoms in total. The molecule has 0 aromatic carbocycles. The Bertz CT molecular complexity index is 300. The molecule has 1 aliphatic carbocycles. The molecule has 0 saturated carbocycles. The van der Waals surface area contributed by atoms with Gasteiger partial charge in [0.1, 0.15) is 6.04 Å². The largest absolute Gasteiger partial charge is 0.367 e. The summed E-state index contributed by atoms with van der Waals surface area (Å²) < 4.78 is 0. The van der Waals surface area contributed by atoms with E-state index >= 15 is 0 Å². The van der Waals surface area contributed by atoms with E-state index < -0.39 is 22.8 Å². The van der Waals surface area contributed by atoms with E-state index in [9.17, 15) is 10.1 Å². The van der Waals surface area contributed by atoms with Crippen LogP contribution in [0.3, 0.4) is 0 Å². The molecule has 0 spiro atoms. The molecular weight excluding hydrogens is 200 g/mol. The summed E-state index contributed by atoms with van der Waals surface area (Å²) >= 11 is 0. The number of rotatable bonds is 4. The first-order valence-electron chi connectivity index (χ1n) is 4.57. The van der Waals surface area contributed by atoms with Crippen molar-refractivity contribution < 1.29 is 15.1 Å². The second-order valence-electron chi connectivity index (χ2n) is 3.59. The Labute approximate surface area is 87.1 Å². The summed E-state index contributed by atoms with van der Waals surface area (Å²) in [4.78, 5) is 10.5. The Balaban J connectivity index is 2.73. The van der Waals surface area contributed by atoms with Crippen LogP contribution in [0, 0.1) is 10.1 Å². The van der Waals surface area contributed by atoms with Crippen molar-refractivity contribution in [2.24, 2.45) is 0 Å². The van der Waals surface area contributed by atoms with Gasteiger partial charge in [0.05, 0.1) is 0 Å². The lowest BCUT2D eigenvalue weighted by Crippen LogP contribution is -2.53. The summed E-state index contributed by atoms with van der Waals surface area (Å²) in [5.74, 6) is 0. The Morgan fingerprint density at radius 1 is 1.60 bits per heavy atom. The van der Waals surface area contributed by atoms with Crippen molar-refractivity contribution in [2.45, 2.75) is 24.8 Å². The first kappa shape index (κ1) is 11.8. The van der Waals surface area contributed by atoms with E-state index in [-0.39, 0.29) is 6.54 Å². The molecule has 84 valence electrons. The average Bonchev–Trinajstić information content (AvgIpc) is 2.16. The molecule has 0 aromatic rings. The zero-order valence-electron chi connectivity index (χ0n) is 8.33. The van der Waals surface area contributed by atoms with Gasteiger partial charge in [-0.3, -0.25) is 15.4 Å². The summed E-state index contributed by atoms with van der Waals surface area (Å²) in [5, 5.41) is 30.9. The smallest absolute Gasteiger partial charge is 0.256 e. The van der Waals surface area contributed by atoms with Gasteiger partial charge < -0.3 is 10.2 Å². The van der Waals surface area contributed by atoms with E-state index in [1.54, 1.807) is 18.2 Å². The van der Waals surface area contributed by atoms with Crippen molar-refractivity contribution in [1.82, 2.24) is 5.32 Å². The van der Waals surface area contributed by atoms with Gasteiger partial charge in [0.2, 0.25) is 0 Å². The quantitative estimate of drug-likeness (QED) is 0.330. The van der Waals surface area contributed by atoms with Crippen LogP contribution in [0.1, 0.15) is 6.92 Å². The van der Waals surface area contributed by atoms with Crippen molar-refractivity contribution in [3.05, 3.63) is 34.4 Å². The first-order chi connectivity index (χ1) is 6.97. The van der Waals surface area contributed by atoms with Crippen molar-refractivity contribution in [1.29, 1.82) is 0 Å². The summed E-state index contributed by atoms with van der Waals surface area (Å²) in [6, 6.07) is -0.542. The maximum absolute atomic E-state index is 10.9. The molecule has 6 heteroatoms. The molecule has 2 unspecified atom stereocenters. The highest BCUT2D eigenvalue weighted by molar-refractivity contribution is 5.23. The average molecular weight is 214 g/mol. The fourth-order valence-corrected chi connectivity index (χ4v) is 1.41. The standard InChI is InChI=1S/C9H14N2O4/c1-9(11(14)15)5-3-2-4-7(9)10-6-8(12)13/h2-5,7-8,10,12-13H,6H2,1H3. The molecule has 0 saturated heterocycles. The van der Waals surface area contributed by atoms with E-state index in [0.717, 1.165) is 0 Å². The van der Waals surface area contributed by atoms with Crippen molar-refractivity contribution in [3.63, 3.8) is 0 Å². The fraction of sp³-hybridized carbons (Fsp3) is 0.556. The predicted molar refractivity (Wildman–Crippen MR) is 53.7 cm³/mol. The Hall–Kier alpha value is -1.24. The molecule has 0 heterocycles. The second-order valence-corrected chi connectivity index (χ2v) is 3.59. The number of nitro groups is 1. The highest BCUT2D eigenvalue weighted by atomic mass is 16.6. The van der Waals surface area contributed by atoms with Gasteiger partial charge >= 0.3 is 0 Å². The minimum absolute atomic E-state index is 0.105. The van der Waals surface area contributed by atoms with E-state index in [2.05, 4.69) is 5.32 Å². The van der Waals surface area contributed by atoms with Crippen LogP contribution >= 0.6 is 0 Å². The van der Waals surface area contributed by atoms with Gasteiger partial charge in [0.25, 0.3) is 5.54 Å². The lowest BCUT2D eigenvalue weighted by Gasteiger charge is -2.28. The van der Waals surface area contributed by atoms with Crippen LogP contribution in [0.4, 0.5) is 0 Å². The van der Waals surface area contributed by atoms with Crippen LogP contribution in [0.25, 0.3) is 0 Å². The number of hydrogen-bond acceptors (Lipinski definition) is 5. The Morgan fingerprint density at radius 2 is 2.27 bits per heavy atom. The molecule has 3 N–H and O–H groups in total. The van der Waals surface area contributed by atoms with Crippen LogP contribution in [-0.4, -0.2) is 39.6 Å². The molecular formula is C9H14N2O4. The topological polar surface area (TPSA) is 95.6 Å². The van der Waals surface area contributed by atoms with E-state index in [4.69, 9.17) is 10.2 Å². The molecule has 0 aromatic heterocycles. The van der Waals surface area contributed by atoms with Crippen molar-refractivity contribution in [2.75, 3.05) is 6.54 Å². The SMILES string of the molecule is CC1([N+](=O)[O-])C=CC=CC1NCC(O)O. The molecule has 0 amide bonds. The van der Waals surface area contributed by atoms with Gasteiger partial charge in [-0.25, -0.2) is 0 Å². The third kappa shape index (κ3) is 2.62. The zero-order chi connectivity index (χ0) is 11.5. The summed E-state index contributed by atoms with van der Waals surface area (Å²) in [7, 11) is 0. The minimum atomic E-state index is -1.51. The molecule has 1 rings (SSSR count). The monoisotopic (exact) mass is 214 g/mol. The van der Waals surface area contributed by atoms with Gasteiger partial charge in [0, 0.05) is 18.4 Å². The van der Waals surface area contributed by atoms with Crippen LogP contribution in [-0.2, 0) is 0 Å². The Morgan fingerprint density at radius 3 is 2.80 bits per heavy atom. The predicted octanol–water partition coefficient (Wildman–Crippen LogP) is -0.583. The lowest BCUT2D eigenvalue weighted by atomic mass is 9.89. The number of allylic oxidation sites excluding steroid dienone is 2. The maximum Gasteiger partial charge on any atom is 0.256 e. The number of aliphatic hydroxyl groups is 2.